The minimum atomic E-state index is -0.0997. The van der Waals surface area contributed by atoms with Crippen molar-refractivity contribution in [2.45, 2.75) is 52.5 Å². The molecule has 1 aromatic rings. The van der Waals surface area contributed by atoms with E-state index in [9.17, 15) is 4.79 Å². The normalized spacial score (nSPS) is 11.1. The van der Waals surface area contributed by atoms with Gasteiger partial charge < -0.3 is 24.8 Å². The fourth-order valence-electron chi connectivity index (χ4n) is 2.68. The maximum absolute atomic E-state index is 11.3. The number of hydrogen-bond donors (Lipinski definition) is 2. The Kier molecular flexibility index (Phi) is 12.3. The van der Waals surface area contributed by atoms with Gasteiger partial charge in [-0.15, -0.1) is 0 Å². The molecule has 0 aromatic heterocycles. The van der Waals surface area contributed by atoms with Crippen molar-refractivity contribution < 1.29 is 19.0 Å². The van der Waals surface area contributed by atoms with Crippen LogP contribution < -0.4 is 20.1 Å². The Labute approximate surface area is 168 Å². The number of unbranched alkanes of at least 4 members (excludes halogenated alkanes) is 3. The second-order valence-corrected chi connectivity index (χ2v) is 6.28. The number of ether oxygens (including phenoxy) is 3. The molecule has 0 unspecified atom stereocenters. The van der Waals surface area contributed by atoms with Gasteiger partial charge >= 0.3 is 5.97 Å². The molecule has 0 amide bonds. The molecule has 0 aliphatic carbocycles. The van der Waals surface area contributed by atoms with Crippen molar-refractivity contribution in [2.24, 2.45) is 4.99 Å². The first-order valence-electron chi connectivity index (χ1n) is 10.0. The Balaban J connectivity index is 2.37. The third kappa shape index (κ3) is 9.48. The van der Waals surface area contributed by atoms with E-state index in [1.165, 1.54) is 0 Å². The molecule has 0 saturated heterocycles. The molecule has 0 fully saturated rings. The number of aliphatic imine (C=N–C) groups is 1. The highest BCUT2D eigenvalue weighted by molar-refractivity contribution is 5.79. The van der Waals surface area contributed by atoms with Crippen molar-refractivity contribution in [1.82, 2.24) is 10.6 Å². The largest absolute Gasteiger partial charge is 0.493 e. The lowest BCUT2D eigenvalue weighted by atomic mass is 10.1. The Morgan fingerprint density at radius 2 is 1.75 bits per heavy atom. The molecule has 0 aliphatic heterocycles. The average molecular weight is 394 g/mol. The standard InChI is InChI=1S/C21H35N3O4/c1-5-22-21(23-14-10-8-7-9-11-20(25)28-6-2)24-16-17-12-13-18(26-3)19(15-17)27-4/h12-13,15H,5-11,14,16H2,1-4H3,(H2,22,23,24). The highest BCUT2D eigenvalue weighted by Gasteiger charge is 2.05. The van der Waals surface area contributed by atoms with Gasteiger partial charge in [0.1, 0.15) is 0 Å². The summed E-state index contributed by atoms with van der Waals surface area (Å²) in [4.78, 5) is 15.9. The van der Waals surface area contributed by atoms with Crippen LogP contribution in [0.1, 0.15) is 51.5 Å². The fourth-order valence-corrected chi connectivity index (χ4v) is 2.68. The van der Waals surface area contributed by atoms with Gasteiger partial charge in [-0.3, -0.25) is 4.79 Å². The molecular formula is C21H35N3O4. The first-order valence-corrected chi connectivity index (χ1v) is 10.0. The molecule has 1 rings (SSSR count). The van der Waals surface area contributed by atoms with Crippen LogP contribution in [0.25, 0.3) is 0 Å². The summed E-state index contributed by atoms with van der Waals surface area (Å²) < 4.78 is 15.5. The monoisotopic (exact) mass is 393 g/mol. The summed E-state index contributed by atoms with van der Waals surface area (Å²) in [5.41, 5.74) is 1.05. The zero-order valence-corrected chi connectivity index (χ0v) is 17.7. The lowest BCUT2D eigenvalue weighted by Crippen LogP contribution is -2.37. The van der Waals surface area contributed by atoms with Gasteiger partial charge in [0.25, 0.3) is 0 Å². The molecule has 1 aromatic carbocycles. The minimum absolute atomic E-state index is 0.0997. The number of carbonyl (C=O) groups excluding carboxylic acids is 1. The third-order valence-corrected chi connectivity index (χ3v) is 4.12. The van der Waals surface area contributed by atoms with Crippen molar-refractivity contribution >= 4 is 11.9 Å². The van der Waals surface area contributed by atoms with Crippen molar-refractivity contribution in [2.75, 3.05) is 33.9 Å². The first kappa shape index (κ1) is 23.6. The lowest BCUT2D eigenvalue weighted by Gasteiger charge is -2.12. The number of benzene rings is 1. The number of hydrogen-bond acceptors (Lipinski definition) is 5. The van der Waals surface area contributed by atoms with Gasteiger partial charge in [-0.05, 0) is 44.4 Å². The average Bonchev–Trinajstić information content (AvgIpc) is 2.71. The van der Waals surface area contributed by atoms with E-state index < -0.39 is 0 Å². The van der Waals surface area contributed by atoms with Crippen molar-refractivity contribution in [3.63, 3.8) is 0 Å². The van der Waals surface area contributed by atoms with E-state index in [0.717, 1.165) is 50.3 Å². The summed E-state index contributed by atoms with van der Waals surface area (Å²) in [6.07, 6.45) is 4.52. The molecule has 0 heterocycles. The Hall–Kier alpha value is -2.44. The number of guanidine groups is 1. The smallest absolute Gasteiger partial charge is 0.305 e. The summed E-state index contributed by atoms with van der Waals surface area (Å²) in [5.74, 6) is 2.11. The second-order valence-electron chi connectivity index (χ2n) is 6.28. The SMILES string of the molecule is CCNC(=NCc1ccc(OC)c(OC)c1)NCCCCCCC(=O)OCC. The first-order chi connectivity index (χ1) is 13.6. The summed E-state index contributed by atoms with van der Waals surface area (Å²) in [5, 5.41) is 6.61. The molecular weight excluding hydrogens is 358 g/mol. The van der Waals surface area contributed by atoms with Gasteiger partial charge in [-0.2, -0.15) is 0 Å². The quantitative estimate of drug-likeness (QED) is 0.232. The van der Waals surface area contributed by atoms with Gasteiger partial charge in [0, 0.05) is 19.5 Å². The number of nitrogens with zero attached hydrogens (tertiary/aromatic N) is 1. The van der Waals surface area contributed by atoms with Crippen LogP contribution in [-0.2, 0) is 16.1 Å². The van der Waals surface area contributed by atoms with Crippen LogP contribution in [0.4, 0.5) is 0 Å². The molecule has 0 radical (unpaired) electrons. The second kappa shape index (κ2) is 14.6. The zero-order valence-electron chi connectivity index (χ0n) is 17.7. The van der Waals surface area contributed by atoms with Gasteiger partial charge in [0.05, 0.1) is 27.4 Å². The highest BCUT2D eigenvalue weighted by Crippen LogP contribution is 2.27. The molecule has 7 nitrogen and oxygen atoms in total. The lowest BCUT2D eigenvalue weighted by molar-refractivity contribution is -0.143. The Morgan fingerprint density at radius 1 is 1.00 bits per heavy atom. The molecule has 28 heavy (non-hydrogen) atoms. The molecule has 158 valence electrons. The summed E-state index contributed by atoms with van der Waals surface area (Å²) in [6, 6.07) is 5.81. The van der Waals surface area contributed by atoms with E-state index >= 15 is 0 Å². The van der Waals surface area contributed by atoms with Crippen molar-refractivity contribution in [3.8, 4) is 11.5 Å². The topological polar surface area (TPSA) is 81.2 Å². The molecule has 0 saturated carbocycles. The van der Waals surface area contributed by atoms with Crippen molar-refractivity contribution in [1.29, 1.82) is 0 Å². The molecule has 0 aliphatic rings. The van der Waals surface area contributed by atoms with E-state index in [1.54, 1.807) is 14.2 Å². The van der Waals surface area contributed by atoms with E-state index in [-0.39, 0.29) is 5.97 Å². The maximum Gasteiger partial charge on any atom is 0.305 e. The summed E-state index contributed by atoms with van der Waals surface area (Å²) >= 11 is 0. The number of carbonyl (C=O) groups is 1. The van der Waals surface area contributed by atoms with Gasteiger partial charge in [0.15, 0.2) is 17.5 Å². The van der Waals surface area contributed by atoms with E-state index in [4.69, 9.17) is 14.2 Å². The number of esters is 1. The summed E-state index contributed by atoms with van der Waals surface area (Å²) in [7, 11) is 3.25. The maximum atomic E-state index is 11.3. The number of rotatable bonds is 13. The Morgan fingerprint density at radius 3 is 2.43 bits per heavy atom. The van der Waals surface area contributed by atoms with Crippen LogP contribution in [0, 0.1) is 0 Å². The predicted octanol–water partition coefficient (Wildman–Crippen LogP) is 3.27. The molecule has 2 N–H and O–H groups in total. The summed E-state index contributed by atoms with van der Waals surface area (Å²) in [6.45, 7) is 6.53. The van der Waals surface area contributed by atoms with Gasteiger partial charge in [-0.1, -0.05) is 18.9 Å². The third-order valence-electron chi connectivity index (χ3n) is 4.12. The molecule has 7 heteroatoms. The van der Waals surface area contributed by atoms with Crippen LogP contribution in [0.5, 0.6) is 11.5 Å². The van der Waals surface area contributed by atoms with Crippen LogP contribution in [0.3, 0.4) is 0 Å². The fraction of sp³-hybridized carbons (Fsp3) is 0.619. The molecule has 0 atom stereocenters. The molecule has 0 spiro atoms. The van der Waals surface area contributed by atoms with Crippen LogP contribution in [0.2, 0.25) is 0 Å². The Bertz CT molecular complexity index is 605. The predicted molar refractivity (Wildman–Crippen MR) is 112 cm³/mol. The zero-order chi connectivity index (χ0) is 20.6. The minimum Gasteiger partial charge on any atom is -0.493 e. The number of methoxy groups -OCH3 is 2. The van der Waals surface area contributed by atoms with E-state index in [0.29, 0.717) is 31.1 Å². The highest BCUT2D eigenvalue weighted by atomic mass is 16.5. The van der Waals surface area contributed by atoms with E-state index in [2.05, 4.69) is 15.6 Å². The van der Waals surface area contributed by atoms with E-state index in [1.807, 2.05) is 32.0 Å². The van der Waals surface area contributed by atoms with Crippen molar-refractivity contribution in [3.05, 3.63) is 23.8 Å². The van der Waals surface area contributed by atoms with Gasteiger partial charge in [0.2, 0.25) is 0 Å². The molecule has 0 bridgehead atoms. The van der Waals surface area contributed by atoms with Crippen LogP contribution in [-0.4, -0.2) is 45.8 Å². The van der Waals surface area contributed by atoms with Crippen LogP contribution >= 0.6 is 0 Å². The van der Waals surface area contributed by atoms with Gasteiger partial charge in [-0.25, -0.2) is 4.99 Å². The van der Waals surface area contributed by atoms with Crippen LogP contribution in [0.15, 0.2) is 23.2 Å². The number of nitrogens with one attached hydrogen (secondary N) is 2.